The van der Waals surface area contributed by atoms with Gasteiger partial charge in [-0.25, -0.2) is 8.78 Å². The van der Waals surface area contributed by atoms with Gasteiger partial charge in [0.25, 0.3) is 0 Å². The number of benzene rings is 1. The van der Waals surface area contributed by atoms with Gasteiger partial charge in [0.15, 0.2) is 11.6 Å². The second-order valence-corrected chi connectivity index (χ2v) is 4.91. The summed E-state index contributed by atoms with van der Waals surface area (Å²) < 4.78 is 26.0. The zero-order valence-corrected chi connectivity index (χ0v) is 12.1. The molecule has 0 saturated carbocycles. The zero-order valence-electron chi connectivity index (χ0n) is 11.3. The normalized spacial score (nSPS) is 19.9. The van der Waals surface area contributed by atoms with Gasteiger partial charge in [0.2, 0.25) is 5.91 Å². The van der Waals surface area contributed by atoms with Crippen LogP contribution in [0.3, 0.4) is 0 Å². The van der Waals surface area contributed by atoms with Crippen LogP contribution in [0.2, 0.25) is 0 Å². The molecule has 3 nitrogen and oxygen atoms in total. The van der Waals surface area contributed by atoms with Crippen molar-refractivity contribution in [2.45, 2.75) is 38.3 Å². The molecule has 2 unspecified atom stereocenters. The first-order valence-electron chi connectivity index (χ1n) is 6.56. The number of carbonyl (C=O) groups excluding carboxylic acids is 1. The Morgan fingerprint density at radius 2 is 2.10 bits per heavy atom. The molecule has 0 aromatic heterocycles. The van der Waals surface area contributed by atoms with E-state index in [4.69, 9.17) is 0 Å². The molecule has 1 saturated heterocycles. The van der Waals surface area contributed by atoms with E-state index in [1.165, 1.54) is 6.07 Å². The van der Waals surface area contributed by atoms with Crippen molar-refractivity contribution in [3.05, 3.63) is 35.4 Å². The number of hydrogen-bond donors (Lipinski definition) is 2. The molecule has 0 bridgehead atoms. The lowest BCUT2D eigenvalue weighted by Crippen LogP contribution is -2.47. The molecule has 20 heavy (non-hydrogen) atoms. The average molecular weight is 305 g/mol. The Morgan fingerprint density at radius 3 is 2.70 bits per heavy atom. The molecule has 112 valence electrons. The predicted molar refractivity (Wildman–Crippen MR) is 75.8 cm³/mol. The Balaban J connectivity index is 0.00000200. The smallest absolute Gasteiger partial charge is 0.237 e. The van der Waals surface area contributed by atoms with Crippen molar-refractivity contribution in [2.24, 2.45) is 0 Å². The zero-order chi connectivity index (χ0) is 13.8. The van der Waals surface area contributed by atoms with E-state index in [9.17, 15) is 13.6 Å². The highest BCUT2D eigenvalue weighted by molar-refractivity contribution is 5.85. The Bertz CT molecular complexity index is 464. The van der Waals surface area contributed by atoms with E-state index in [0.717, 1.165) is 37.9 Å². The monoisotopic (exact) mass is 304 g/mol. The number of carbonyl (C=O) groups is 1. The largest absolute Gasteiger partial charge is 0.348 e. The summed E-state index contributed by atoms with van der Waals surface area (Å²) in [7, 11) is 0. The third-order valence-corrected chi connectivity index (χ3v) is 3.43. The summed E-state index contributed by atoms with van der Waals surface area (Å²) in [5.74, 6) is -1.86. The quantitative estimate of drug-likeness (QED) is 0.901. The van der Waals surface area contributed by atoms with Crippen molar-refractivity contribution < 1.29 is 13.6 Å². The number of halogens is 3. The molecule has 2 N–H and O–H groups in total. The Labute approximate surface area is 123 Å². The SMILES string of the molecule is CC(NC(=O)C1CCCCN1)c1ccc(F)c(F)c1.Cl. The van der Waals surface area contributed by atoms with E-state index in [1.54, 1.807) is 6.92 Å². The van der Waals surface area contributed by atoms with Crippen molar-refractivity contribution in [3.63, 3.8) is 0 Å². The Morgan fingerprint density at radius 1 is 1.35 bits per heavy atom. The van der Waals surface area contributed by atoms with Gasteiger partial charge in [-0.2, -0.15) is 0 Å². The fraction of sp³-hybridized carbons (Fsp3) is 0.500. The molecule has 1 aromatic carbocycles. The molecular weight excluding hydrogens is 286 g/mol. The highest BCUT2D eigenvalue weighted by Gasteiger charge is 2.22. The summed E-state index contributed by atoms with van der Waals surface area (Å²) in [6.07, 6.45) is 2.93. The number of piperidine rings is 1. The molecule has 0 aliphatic carbocycles. The number of amides is 1. The molecule has 1 aromatic rings. The maximum atomic E-state index is 13.1. The van der Waals surface area contributed by atoms with Crippen LogP contribution in [0, 0.1) is 11.6 Å². The van der Waals surface area contributed by atoms with Crippen LogP contribution < -0.4 is 10.6 Å². The molecule has 1 aliphatic heterocycles. The van der Waals surface area contributed by atoms with E-state index in [0.29, 0.717) is 5.56 Å². The first-order chi connectivity index (χ1) is 9.08. The molecule has 0 spiro atoms. The average Bonchev–Trinajstić information content (AvgIpc) is 2.42. The topological polar surface area (TPSA) is 41.1 Å². The van der Waals surface area contributed by atoms with Gasteiger partial charge in [-0.3, -0.25) is 4.79 Å². The van der Waals surface area contributed by atoms with Gasteiger partial charge in [-0.15, -0.1) is 12.4 Å². The van der Waals surface area contributed by atoms with Gasteiger partial charge in [0.1, 0.15) is 0 Å². The fourth-order valence-electron chi connectivity index (χ4n) is 2.25. The highest BCUT2D eigenvalue weighted by atomic mass is 35.5. The molecule has 0 radical (unpaired) electrons. The molecule has 6 heteroatoms. The molecular formula is C14H19ClF2N2O. The van der Waals surface area contributed by atoms with E-state index < -0.39 is 11.6 Å². The van der Waals surface area contributed by atoms with Crippen LogP contribution in [-0.4, -0.2) is 18.5 Å². The van der Waals surface area contributed by atoms with Gasteiger partial charge in [0.05, 0.1) is 12.1 Å². The lowest BCUT2D eigenvalue weighted by atomic mass is 10.0. The number of hydrogen-bond acceptors (Lipinski definition) is 2. The highest BCUT2D eigenvalue weighted by Crippen LogP contribution is 2.16. The minimum atomic E-state index is -0.894. The van der Waals surface area contributed by atoms with E-state index in [2.05, 4.69) is 10.6 Å². The fourth-order valence-corrected chi connectivity index (χ4v) is 2.25. The summed E-state index contributed by atoms with van der Waals surface area (Å²) in [6.45, 7) is 2.60. The van der Waals surface area contributed by atoms with Crippen LogP contribution in [0.4, 0.5) is 8.78 Å². The molecule has 2 rings (SSSR count). The maximum Gasteiger partial charge on any atom is 0.237 e. The molecule has 2 atom stereocenters. The van der Waals surface area contributed by atoms with Gasteiger partial charge in [0, 0.05) is 0 Å². The van der Waals surface area contributed by atoms with Crippen LogP contribution in [0.15, 0.2) is 18.2 Å². The van der Waals surface area contributed by atoms with Crippen molar-refractivity contribution in [2.75, 3.05) is 6.54 Å². The minimum Gasteiger partial charge on any atom is -0.348 e. The first kappa shape index (κ1) is 16.9. The Hall–Kier alpha value is -1.20. The molecule has 1 aliphatic rings. The van der Waals surface area contributed by atoms with E-state index in [-0.39, 0.29) is 30.4 Å². The van der Waals surface area contributed by atoms with Crippen LogP contribution in [0.25, 0.3) is 0 Å². The van der Waals surface area contributed by atoms with Crippen LogP contribution >= 0.6 is 12.4 Å². The predicted octanol–water partition coefficient (Wildman–Crippen LogP) is 2.71. The van der Waals surface area contributed by atoms with Crippen LogP contribution in [-0.2, 0) is 4.79 Å². The summed E-state index contributed by atoms with van der Waals surface area (Å²) in [5, 5.41) is 5.97. The Kier molecular flexibility index (Phi) is 6.36. The second-order valence-electron chi connectivity index (χ2n) is 4.91. The lowest BCUT2D eigenvalue weighted by Gasteiger charge is -2.24. The van der Waals surface area contributed by atoms with Crippen molar-refractivity contribution in [3.8, 4) is 0 Å². The second kappa shape index (κ2) is 7.55. The third-order valence-electron chi connectivity index (χ3n) is 3.43. The summed E-state index contributed by atoms with van der Waals surface area (Å²) in [4.78, 5) is 12.0. The molecule has 1 heterocycles. The van der Waals surface area contributed by atoms with Crippen LogP contribution in [0.5, 0.6) is 0 Å². The third kappa shape index (κ3) is 4.15. The molecule has 1 amide bonds. The number of nitrogens with one attached hydrogen (secondary N) is 2. The standard InChI is InChI=1S/C14H18F2N2O.ClH/c1-9(10-5-6-11(15)12(16)8-10)18-14(19)13-4-2-3-7-17-13;/h5-6,8-9,13,17H,2-4,7H2,1H3,(H,18,19);1H. The van der Waals surface area contributed by atoms with Gasteiger partial charge in [-0.1, -0.05) is 12.5 Å². The maximum absolute atomic E-state index is 13.1. The van der Waals surface area contributed by atoms with Gasteiger partial charge in [-0.05, 0) is 44.0 Å². The van der Waals surface area contributed by atoms with E-state index in [1.807, 2.05) is 0 Å². The van der Waals surface area contributed by atoms with Gasteiger partial charge < -0.3 is 10.6 Å². The van der Waals surface area contributed by atoms with Crippen molar-refractivity contribution in [1.82, 2.24) is 10.6 Å². The lowest BCUT2D eigenvalue weighted by molar-refractivity contribution is -0.124. The van der Waals surface area contributed by atoms with Crippen molar-refractivity contribution in [1.29, 1.82) is 0 Å². The summed E-state index contributed by atoms with van der Waals surface area (Å²) in [5.41, 5.74) is 0.558. The van der Waals surface area contributed by atoms with Gasteiger partial charge >= 0.3 is 0 Å². The van der Waals surface area contributed by atoms with Crippen LogP contribution in [0.1, 0.15) is 37.8 Å². The van der Waals surface area contributed by atoms with E-state index >= 15 is 0 Å². The number of rotatable bonds is 3. The summed E-state index contributed by atoms with van der Waals surface area (Å²) >= 11 is 0. The summed E-state index contributed by atoms with van der Waals surface area (Å²) in [6, 6.07) is 3.16. The first-order valence-corrected chi connectivity index (χ1v) is 6.56. The molecule has 1 fully saturated rings. The minimum absolute atomic E-state index is 0. The van der Waals surface area contributed by atoms with Crippen molar-refractivity contribution >= 4 is 18.3 Å².